The molecule has 0 aliphatic carbocycles. The molecule has 1 rings (SSSR count). The van der Waals surface area contributed by atoms with Gasteiger partial charge >= 0.3 is 0 Å². The Bertz CT molecular complexity index is 305. The highest BCUT2D eigenvalue weighted by Gasteiger charge is 2.18. The van der Waals surface area contributed by atoms with Gasteiger partial charge in [0, 0.05) is 6.04 Å². The van der Waals surface area contributed by atoms with Gasteiger partial charge in [0.15, 0.2) is 0 Å². The number of phenols is 2. The van der Waals surface area contributed by atoms with E-state index in [1.807, 2.05) is 14.0 Å². The molecule has 3 nitrogen and oxygen atoms in total. The van der Waals surface area contributed by atoms with Crippen molar-refractivity contribution in [1.82, 2.24) is 4.90 Å². The lowest BCUT2D eigenvalue weighted by Gasteiger charge is -2.25. The predicted octanol–water partition coefficient (Wildman–Crippen LogP) is 2.50. The van der Waals surface area contributed by atoms with Crippen LogP contribution in [0.5, 0.6) is 11.5 Å². The molecular weight excluding hydrogens is 190 g/mol. The highest BCUT2D eigenvalue weighted by atomic mass is 16.3. The Morgan fingerprint density at radius 3 is 2.27 bits per heavy atom. The zero-order chi connectivity index (χ0) is 11.4. The fraction of sp³-hybridized carbons (Fsp3) is 0.500. The second kappa shape index (κ2) is 5.03. The molecule has 0 aliphatic heterocycles. The van der Waals surface area contributed by atoms with E-state index in [9.17, 15) is 10.2 Å². The number of hydrogen-bond acceptors (Lipinski definition) is 3. The van der Waals surface area contributed by atoms with Gasteiger partial charge in [-0.2, -0.15) is 0 Å². The van der Waals surface area contributed by atoms with Crippen molar-refractivity contribution in [3.63, 3.8) is 0 Å². The zero-order valence-electron chi connectivity index (χ0n) is 9.57. The summed E-state index contributed by atoms with van der Waals surface area (Å²) in [6.45, 7) is 5.02. The molecule has 0 aliphatic rings. The average molecular weight is 209 g/mol. The smallest absolute Gasteiger partial charge is 0.124 e. The normalized spacial score (nSPS) is 13.1. The van der Waals surface area contributed by atoms with Gasteiger partial charge in [0.05, 0.1) is 5.56 Å². The standard InChI is InChI=1S/C12H19NO2/c1-4-8-13(3)9(2)12-10(14)6-5-7-11(12)15/h5-7,9,14-15H,4,8H2,1-3H3. The molecule has 0 saturated heterocycles. The molecule has 1 aromatic carbocycles. The number of hydrogen-bond donors (Lipinski definition) is 2. The molecule has 0 saturated carbocycles. The number of nitrogens with zero attached hydrogens (tertiary/aromatic N) is 1. The van der Waals surface area contributed by atoms with Crippen molar-refractivity contribution >= 4 is 0 Å². The van der Waals surface area contributed by atoms with Crippen LogP contribution in [0.3, 0.4) is 0 Å². The summed E-state index contributed by atoms with van der Waals surface area (Å²) in [6.07, 6.45) is 1.05. The monoisotopic (exact) mass is 209 g/mol. The van der Waals surface area contributed by atoms with Gasteiger partial charge < -0.3 is 10.2 Å². The Hall–Kier alpha value is -1.22. The second-order valence-corrected chi connectivity index (χ2v) is 3.87. The molecule has 0 radical (unpaired) electrons. The van der Waals surface area contributed by atoms with E-state index in [2.05, 4.69) is 11.8 Å². The largest absolute Gasteiger partial charge is 0.507 e. The lowest BCUT2D eigenvalue weighted by atomic mass is 10.0. The quantitative estimate of drug-likeness (QED) is 0.800. The van der Waals surface area contributed by atoms with E-state index in [0.717, 1.165) is 13.0 Å². The molecule has 15 heavy (non-hydrogen) atoms. The summed E-state index contributed by atoms with van der Waals surface area (Å²) in [5.41, 5.74) is 0.605. The van der Waals surface area contributed by atoms with E-state index < -0.39 is 0 Å². The molecule has 84 valence electrons. The SMILES string of the molecule is CCCN(C)C(C)c1c(O)cccc1O. The Kier molecular flexibility index (Phi) is 3.97. The summed E-state index contributed by atoms with van der Waals surface area (Å²) in [7, 11) is 1.99. The van der Waals surface area contributed by atoms with Crippen LogP contribution >= 0.6 is 0 Å². The van der Waals surface area contributed by atoms with Gasteiger partial charge in [-0.1, -0.05) is 13.0 Å². The minimum absolute atomic E-state index is 0.0196. The van der Waals surface area contributed by atoms with Crippen LogP contribution in [0.2, 0.25) is 0 Å². The van der Waals surface area contributed by atoms with Crippen LogP contribution < -0.4 is 0 Å². The number of phenolic OH excluding ortho intramolecular Hbond substituents is 2. The maximum Gasteiger partial charge on any atom is 0.124 e. The van der Waals surface area contributed by atoms with Gasteiger partial charge in [-0.3, -0.25) is 4.90 Å². The molecule has 3 heteroatoms. The summed E-state index contributed by atoms with van der Waals surface area (Å²) in [6, 6.07) is 4.86. The summed E-state index contributed by atoms with van der Waals surface area (Å²) < 4.78 is 0. The third kappa shape index (κ3) is 2.63. The van der Waals surface area contributed by atoms with Crippen LogP contribution in [-0.4, -0.2) is 28.7 Å². The molecule has 0 bridgehead atoms. The summed E-state index contributed by atoms with van der Waals surface area (Å²) in [5.74, 6) is 0.316. The van der Waals surface area contributed by atoms with Crippen molar-refractivity contribution in [2.75, 3.05) is 13.6 Å². The second-order valence-electron chi connectivity index (χ2n) is 3.87. The Labute approximate surface area is 91.0 Å². The molecule has 0 aromatic heterocycles. The third-order valence-electron chi connectivity index (χ3n) is 2.72. The van der Waals surface area contributed by atoms with Crippen LogP contribution in [0, 0.1) is 0 Å². The molecule has 1 atom stereocenters. The van der Waals surface area contributed by atoms with Gasteiger partial charge in [-0.05, 0) is 39.1 Å². The number of rotatable bonds is 4. The molecular formula is C12H19NO2. The van der Waals surface area contributed by atoms with Crippen LogP contribution in [0.1, 0.15) is 31.9 Å². The Morgan fingerprint density at radius 1 is 1.27 bits per heavy atom. The highest BCUT2D eigenvalue weighted by molar-refractivity contribution is 5.44. The molecule has 1 aromatic rings. The van der Waals surface area contributed by atoms with Crippen LogP contribution in [0.15, 0.2) is 18.2 Å². The van der Waals surface area contributed by atoms with Crippen LogP contribution in [0.25, 0.3) is 0 Å². The van der Waals surface area contributed by atoms with E-state index >= 15 is 0 Å². The van der Waals surface area contributed by atoms with E-state index in [-0.39, 0.29) is 17.5 Å². The molecule has 0 spiro atoms. The molecule has 0 heterocycles. The molecule has 0 amide bonds. The minimum Gasteiger partial charge on any atom is -0.507 e. The van der Waals surface area contributed by atoms with E-state index in [1.54, 1.807) is 18.2 Å². The van der Waals surface area contributed by atoms with Crippen LogP contribution in [-0.2, 0) is 0 Å². The minimum atomic E-state index is 0.0196. The molecule has 0 fully saturated rings. The van der Waals surface area contributed by atoms with Crippen molar-refractivity contribution in [3.05, 3.63) is 23.8 Å². The fourth-order valence-electron chi connectivity index (χ4n) is 1.74. The van der Waals surface area contributed by atoms with Crippen molar-refractivity contribution in [2.45, 2.75) is 26.3 Å². The lowest BCUT2D eigenvalue weighted by molar-refractivity contribution is 0.251. The van der Waals surface area contributed by atoms with Gasteiger partial charge in [0.25, 0.3) is 0 Å². The summed E-state index contributed by atoms with van der Waals surface area (Å²) in [5, 5.41) is 19.4. The van der Waals surface area contributed by atoms with Crippen molar-refractivity contribution in [2.24, 2.45) is 0 Å². The van der Waals surface area contributed by atoms with E-state index in [4.69, 9.17) is 0 Å². The molecule has 1 unspecified atom stereocenters. The maximum absolute atomic E-state index is 9.69. The highest BCUT2D eigenvalue weighted by Crippen LogP contribution is 2.34. The lowest BCUT2D eigenvalue weighted by Crippen LogP contribution is -2.23. The Balaban J connectivity index is 2.94. The van der Waals surface area contributed by atoms with Gasteiger partial charge in [-0.25, -0.2) is 0 Å². The van der Waals surface area contributed by atoms with Crippen molar-refractivity contribution in [3.8, 4) is 11.5 Å². The van der Waals surface area contributed by atoms with E-state index in [1.165, 1.54) is 0 Å². The predicted molar refractivity (Wildman–Crippen MR) is 61.1 cm³/mol. The van der Waals surface area contributed by atoms with E-state index in [0.29, 0.717) is 5.56 Å². The first kappa shape index (κ1) is 11.9. The first-order valence-electron chi connectivity index (χ1n) is 5.29. The maximum atomic E-state index is 9.69. The Morgan fingerprint density at radius 2 is 1.80 bits per heavy atom. The molecule has 2 N–H and O–H groups in total. The van der Waals surface area contributed by atoms with Gasteiger partial charge in [0.2, 0.25) is 0 Å². The van der Waals surface area contributed by atoms with Crippen molar-refractivity contribution < 1.29 is 10.2 Å². The summed E-state index contributed by atoms with van der Waals surface area (Å²) in [4.78, 5) is 2.11. The first-order chi connectivity index (χ1) is 7.07. The summed E-state index contributed by atoms with van der Waals surface area (Å²) >= 11 is 0. The topological polar surface area (TPSA) is 43.7 Å². The van der Waals surface area contributed by atoms with Gasteiger partial charge in [-0.15, -0.1) is 0 Å². The van der Waals surface area contributed by atoms with Crippen molar-refractivity contribution in [1.29, 1.82) is 0 Å². The zero-order valence-corrected chi connectivity index (χ0v) is 9.57. The van der Waals surface area contributed by atoms with Crippen LogP contribution in [0.4, 0.5) is 0 Å². The fourth-order valence-corrected chi connectivity index (χ4v) is 1.74. The van der Waals surface area contributed by atoms with Gasteiger partial charge in [0.1, 0.15) is 11.5 Å². The first-order valence-corrected chi connectivity index (χ1v) is 5.29. The number of benzene rings is 1. The average Bonchev–Trinajstić information content (AvgIpc) is 2.17. The third-order valence-corrected chi connectivity index (χ3v) is 2.72. The number of aromatic hydroxyl groups is 2.